The molecular weight excluding hydrogens is 895 g/mol. The molecule has 0 bridgehead atoms. The van der Waals surface area contributed by atoms with E-state index in [9.17, 15) is 0 Å². The van der Waals surface area contributed by atoms with Crippen molar-refractivity contribution < 1.29 is 20.1 Å². The molecule has 3 nitrogen and oxygen atoms in total. The molecule has 0 saturated heterocycles. The zero-order chi connectivity index (χ0) is 39.1. The summed E-state index contributed by atoms with van der Waals surface area (Å²) in [5.74, 6) is 0. The van der Waals surface area contributed by atoms with Gasteiger partial charge in [0.15, 0.2) is 0 Å². The quantitative estimate of drug-likeness (QED) is 0.161. The first kappa shape index (κ1) is 37.8. The minimum absolute atomic E-state index is 0. The molecule has 7 aromatic carbocycles. The largest absolute Gasteiger partial charge is 0.309 e. The van der Waals surface area contributed by atoms with E-state index >= 15 is 0 Å². The third kappa shape index (κ3) is 7.01. The summed E-state index contributed by atoms with van der Waals surface area (Å²) in [6, 6.07) is 72.8. The van der Waals surface area contributed by atoms with E-state index in [0.29, 0.717) is 0 Å². The molecule has 10 aromatic rings. The van der Waals surface area contributed by atoms with E-state index in [4.69, 9.17) is 0 Å². The molecular formula is C55H39IrN3-2. The predicted octanol–water partition coefficient (Wildman–Crippen LogP) is 13.8. The van der Waals surface area contributed by atoms with E-state index in [1.54, 1.807) is 6.20 Å². The van der Waals surface area contributed by atoms with Crippen LogP contribution in [-0.4, -0.2) is 14.5 Å². The molecule has 3 heterocycles. The number of hydrogen-bond acceptors (Lipinski definition) is 2. The summed E-state index contributed by atoms with van der Waals surface area (Å²) in [7, 11) is 0. The minimum Gasteiger partial charge on any atom is -0.309 e. The molecule has 0 amide bonds. The maximum atomic E-state index is 4.54. The SMILES string of the molecule is CC1(C)c2ccccc2-c2cc3c4cc(-c5cccc(-c6cc[c-]c(-c7ccccn7)c6)c5)ccc4n(-c4ccccc4)c3cc21.[Ir].[c-]1ccccc1-c1ccccn1. The second-order valence-electron chi connectivity index (χ2n) is 15.3. The van der Waals surface area contributed by atoms with Crippen LogP contribution in [0.4, 0.5) is 0 Å². The van der Waals surface area contributed by atoms with Gasteiger partial charge in [0.1, 0.15) is 0 Å². The Hall–Kier alpha value is -6.71. The summed E-state index contributed by atoms with van der Waals surface area (Å²) in [6.45, 7) is 4.71. The Kier molecular flexibility index (Phi) is 10.2. The second kappa shape index (κ2) is 15.9. The number of fused-ring (bicyclic) bond motifs is 6. The molecule has 0 fully saturated rings. The molecule has 3 aromatic heterocycles. The molecule has 4 heteroatoms. The van der Waals surface area contributed by atoms with Gasteiger partial charge in [-0.2, -0.15) is 0 Å². The van der Waals surface area contributed by atoms with Gasteiger partial charge in [0.25, 0.3) is 0 Å². The first-order chi connectivity index (χ1) is 28.5. The molecule has 0 unspecified atom stereocenters. The van der Waals surface area contributed by atoms with Crippen LogP contribution in [0.25, 0.3) is 83.4 Å². The molecule has 285 valence electrons. The molecule has 0 N–H and O–H groups in total. The van der Waals surface area contributed by atoms with Gasteiger partial charge >= 0.3 is 0 Å². The van der Waals surface area contributed by atoms with E-state index in [2.05, 4.69) is 162 Å². The molecule has 0 spiro atoms. The van der Waals surface area contributed by atoms with Gasteiger partial charge in [-0.15, -0.1) is 71.3 Å². The van der Waals surface area contributed by atoms with Crippen LogP contribution in [-0.2, 0) is 25.5 Å². The van der Waals surface area contributed by atoms with Crippen LogP contribution >= 0.6 is 0 Å². The third-order valence-electron chi connectivity index (χ3n) is 11.4. The summed E-state index contributed by atoms with van der Waals surface area (Å²) in [4.78, 5) is 8.75. The summed E-state index contributed by atoms with van der Waals surface area (Å²) < 4.78 is 2.43. The van der Waals surface area contributed by atoms with Crippen molar-refractivity contribution in [3.8, 4) is 61.6 Å². The fourth-order valence-electron chi connectivity index (χ4n) is 8.52. The van der Waals surface area contributed by atoms with Crippen LogP contribution in [0.2, 0.25) is 0 Å². The van der Waals surface area contributed by atoms with Crippen LogP contribution in [0.15, 0.2) is 200 Å². The van der Waals surface area contributed by atoms with Crippen molar-refractivity contribution in [2.24, 2.45) is 0 Å². The van der Waals surface area contributed by atoms with Gasteiger partial charge in [-0.25, -0.2) is 0 Å². The topological polar surface area (TPSA) is 30.7 Å². The predicted molar refractivity (Wildman–Crippen MR) is 240 cm³/mol. The Morgan fingerprint density at radius 2 is 1.08 bits per heavy atom. The van der Waals surface area contributed by atoms with Crippen molar-refractivity contribution in [2.75, 3.05) is 0 Å². The number of rotatable bonds is 5. The number of pyridine rings is 2. The van der Waals surface area contributed by atoms with Crippen molar-refractivity contribution >= 4 is 21.8 Å². The maximum Gasteiger partial charge on any atom is 0.0544 e. The Morgan fingerprint density at radius 3 is 1.81 bits per heavy atom. The van der Waals surface area contributed by atoms with E-state index in [-0.39, 0.29) is 25.5 Å². The van der Waals surface area contributed by atoms with Gasteiger partial charge in [-0.1, -0.05) is 105 Å². The number of aromatic nitrogens is 3. The van der Waals surface area contributed by atoms with Crippen molar-refractivity contribution in [3.05, 3.63) is 224 Å². The van der Waals surface area contributed by atoms with Crippen LogP contribution in [0, 0.1) is 12.1 Å². The molecule has 0 aliphatic heterocycles. The van der Waals surface area contributed by atoms with Crippen LogP contribution in [0.5, 0.6) is 0 Å². The van der Waals surface area contributed by atoms with Crippen LogP contribution in [0.1, 0.15) is 25.0 Å². The monoisotopic (exact) mass is 934 g/mol. The van der Waals surface area contributed by atoms with E-state index in [1.807, 2.05) is 72.9 Å². The second-order valence-corrected chi connectivity index (χ2v) is 15.3. The third-order valence-corrected chi connectivity index (χ3v) is 11.4. The van der Waals surface area contributed by atoms with E-state index in [0.717, 1.165) is 28.1 Å². The minimum atomic E-state index is -0.0602. The van der Waals surface area contributed by atoms with Gasteiger partial charge in [-0.05, 0) is 105 Å². The Morgan fingerprint density at radius 1 is 0.441 bits per heavy atom. The number of benzene rings is 7. The number of para-hydroxylation sites is 1. The normalized spacial score (nSPS) is 12.2. The summed E-state index contributed by atoms with van der Waals surface area (Å²) in [5, 5.41) is 2.54. The zero-order valence-corrected chi connectivity index (χ0v) is 35.1. The van der Waals surface area contributed by atoms with Gasteiger partial charge in [-0.3, -0.25) is 0 Å². The molecule has 59 heavy (non-hydrogen) atoms. The van der Waals surface area contributed by atoms with Gasteiger partial charge < -0.3 is 14.5 Å². The fourth-order valence-corrected chi connectivity index (χ4v) is 8.52. The smallest absolute Gasteiger partial charge is 0.0544 e. The van der Waals surface area contributed by atoms with Crippen molar-refractivity contribution in [2.45, 2.75) is 19.3 Å². The maximum absolute atomic E-state index is 4.54. The van der Waals surface area contributed by atoms with Gasteiger partial charge in [0, 0.05) is 54.4 Å². The Labute approximate surface area is 359 Å². The summed E-state index contributed by atoms with van der Waals surface area (Å²) in [6.07, 6.45) is 3.62. The number of nitrogens with zero attached hydrogens (tertiary/aromatic N) is 3. The standard InChI is InChI=1S/C44H31N2.C11H8N.Ir/c1-44(2)39-19-7-6-18-35(39)36-27-38-37-26-32(21-22-42(37)46(43(38)28-40(36)44)34-16-4-3-5-17-34)30-13-10-12-29(24-30)31-14-11-15-33(25-31)41-20-8-9-23-45-41;1-2-6-10(7-3-1)11-8-4-5-9-12-11;/h3-14,16-28H,1-2H3;1-6,8-9H;/q2*-1;. The van der Waals surface area contributed by atoms with E-state index < -0.39 is 0 Å². The molecule has 0 atom stereocenters. The first-order valence-electron chi connectivity index (χ1n) is 19.7. The zero-order valence-electron chi connectivity index (χ0n) is 32.7. The first-order valence-corrected chi connectivity index (χ1v) is 19.7. The average Bonchev–Trinajstić information content (AvgIpc) is 3.74. The average molecular weight is 934 g/mol. The molecule has 0 saturated carbocycles. The molecule has 1 aliphatic rings. The van der Waals surface area contributed by atoms with E-state index in [1.165, 1.54) is 66.4 Å². The van der Waals surface area contributed by atoms with Crippen LogP contribution in [0.3, 0.4) is 0 Å². The van der Waals surface area contributed by atoms with Gasteiger partial charge in [0.05, 0.1) is 11.0 Å². The Balaban J connectivity index is 0.000000297. The van der Waals surface area contributed by atoms with Crippen molar-refractivity contribution in [1.29, 1.82) is 0 Å². The molecule has 11 rings (SSSR count). The Bertz CT molecular complexity index is 3030. The summed E-state index contributed by atoms with van der Waals surface area (Å²) >= 11 is 0. The van der Waals surface area contributed by atoms with Crippen molar-refractivity contribution in [3.63, 3.8) is 0 Å². The van der Waals surface area contributed by atoms with Crippen molar-refractivity contribution in [1.82, 2.24) is 14.5 Å². The summed E-state index contributed by atoms with van der Waals surface area (Å²) in [5.41, 5.74) is 17.7. The molecule has 1 radical (unpaired) electrons. The van der Waals surface area contributed by atoms with Crippen LogP contribution < -0.4 is 0 Å². The fraction of sp³-hybridized carbons (Fsp3) is 0.0545. The molecule has 1 aliphatic carbocycles. The van der Waals surface area contributed by atoms with Gasteiger partial charge in [0.2, 0.25) is 0 Å². The number of hydrogen-bond donors (Lipinski definition) is 0.